The highest BCUT2D eigenvalue weighted by molar-refractivity contribution is 5.28. The summed E-state index contributed by atoms with van der Waals surface area (Å²) in [4.78, 5) is 0. The molecule has 2 rings (SSSR count). The summed E-state index contributed by atoms with van der Waals surface area (Å²) >= 11 is 0. The van der Waals surface area contributed by atoms with Gasteiger partial charge in [-0.1, -0.05) is 24.3 Å². The van der Waals surface area contributed by atoms with Crippen molar-refractivity contribution in [2.45, 2.75) is 19.3 Å². The van der Waals surface area contributed by atoms with E-state index in [4.69, 9.17) is 4.74 Å². The minimum absolute atomic E-state index is 0.509. The zero-order chi connectivity index (χ0) is 15.3. The lowest BCUT2D eigenvalue weighted by Crippen LogP contribution is -2.13. The molecule has 0 unspecified atom stereocenters. The van der Waals surface area contributed by atoms with Crippen molar-refractivity contribution in [2.24, 2.45) is 0 Å². The molecule has 0 fully saturated rings. The van der Waals surface area contributed by atoms with Gasteiger partial charge in [0.25, 0.3) is 0 Å². The lowest BCUT2D eigenvalue weighted by atomic mass is 10.1. The third kappa shape index (κ3) is 4.49. The number of alkyl halides is 3. The summed E-state index contributed by atoms with van der Waals surface area (Å²) < 4.78 is 42.4. The van der Waals surface area contributed by atoms with E-state index < -0.39 is 11.7 Å². The van der Waals surface area contributed by atoms with Gasteiger partial charge in [-0.15, -0.1) is 0 Å². The monoisotopic (exact) mass is 295 g/mol. The van der Waals surface area contributed by atoms with E-state index in [1.807, 2.05) is 24.3 Å². The maximum atomic E-state index is 12.4. The Morgan fingerprint density at radius 1 is 0.952 bits per heavy atom. The Morgan fingerprint density at radius 3 is 2.24 bits per heavy atom. The zero-order valence-corrected chi connectivity index (χ0v) is 11.6. The average Bonchev–Trinajstić information content (AvgIpc) is 2.47. The van der Waals surface area contributed by atoms with E-state index in [-0.39, 0.29) is 0 Å². The van der Waals surface area contributed by atoms with Crippen LogP contribution in [0.15, 0.2) is 48.5 Å². The van der Waals surface area contributed by atoms with Gasteiger partial charge in [-0.3, -0.25) is 0 Å². The van der Waals surface area contributed by atoms with Crippen LogP contribution in [0.4, 0.5) is 13.2 Å². The molecule has 0 aromatic heterocycles. The van der Waals surface area contributed by atoms with Crippen molar-refractivity contribution in [3.05, 3.63) is 65.2 Å². The predicted molar refractivity (Wildman–Crippen MR) is 75.0 cm³/mol. The molecule has 0 amide bonds. The highest BCUT2D eigenvalue weighted by atomic mass is 19.4. The molecule has 2 aromatic rings. The molecular formula is C16H16F3NO. The molecule has 2 nitrogen and oxygen atoms in total. The fourth-order valence-corrected chi connectivity index (χ4v) is 1.95. The van der Waals surface area contributed by atoms with E-state index in [1.54, 1.807) is 7.11 Å². The predicted octanol–water partition coefficient (Wildman–Crippen LogP) is 4.00. The Hall–Kier alpha value is -2.01. The molecule has 1 N–H and O–H groups in total. The van der Waals surface area contributed by atoms with Crippen LogP contribution in [0, 0.1) is 0 Å². The summed E-state index contributed by atoms with van der Waals surface area (Å²) in [6, 6.07) is 12.8. The van der Waals surface area contributed by atoms with Crippen molar-refractivity contribution >= 4 is 0 Å². The number of hydrogen-bond acceptors (Lipinski definition) is 2. The van der Waals surface area contributed by atoms with E-state index in [2.05, 4.69) is 5.32 Å². The van der Waals surface area contributed by atoms with Crippen LogP contribution in [0.3, 0.4) is 0 Å². The molecule has 2 aromatic carbocycles. The summed E-state index contributed by atoms with van der Waals surface area (Å²) in [6.45, 7) is 1.13. The van der Waals surface area contributed by atoms with Crippen molar-refractivity contribution in [1.29, 1.82) is 0 Å². The SMILES string of the molecule is COc1cccc(CNCc2ccc(C(F)(F)F)cc2)c1. The minimum Gasteiger partial charge on any atom is -0.497 e. The van der Waals surface area contributed by atoms with Gasteiger partial charge in [0.05, 0.1) is 12.7 Å². The Kier molecular flexibility index (Phi) is 4.85. The van der Waals surface area contributed by atoms with Gasteiger partial charge in [0, 0.05) is 13.1 Å². The molecule has 5 heteroatoms. The number of nitrogens with one attached hydrogen (secondary N) is 1. The number of hydrogen-bond donors (Lipinski definition) is 1. The van der Waals surface area contributed by atoms with Gasteiger partial charge in [-0.25, -0.2) is 0 Å². The molecule has 21 heavy (non-hydrogen) atoms. The van der Waals surface area contributed by atoms with Crippen LogP contribution in [0.1, 0.15) is 16.7 Å². The topological polar surface area (TPSA) is 21.3 Å². The molecule has 0 atom stereocenters. The van der Waals surface area contributed by atoms with Gasteiger partial charge in [-0.05, 0) is 35.4 Å². The van der Waals surface area contributed by atoms with Crippen molar-refractivity contribution in [3.8, 4) is 5.75 Å². The van der Waals surface area contributed by atoms with E-state index in [9.17, 15) is 13.2 Å². The molecule has 0 bridgehead atoms. The summed E-state index contributed by atoms with van der Waals surface area (Å²) in [5, 5.41) is 3.19. The van der Waals surface area contributed by atoms with Gasteiger partial charge in [0.2, 0.25) is 0 Å². The van der Waals surface area contributed by atoms with Crippen LogP contribution in [-0.4, -0.2) is 7.11 Å². The average molecular weight is 295 g/mol. The first-order valence-electron chi connectivity index (χ1n) is 6.49. The molecule has 0 saturated carbocycles. The fourth-order valence-electron chi connectivity index (χ4n) is 1.95. The van der Waals surface area contributed by atoms with Crippen LogP contribution in [0.2, 0.25) is 0 Å². The third-order valence-electron chi connectivity index (χ3n) is 3.07. The van der Waals surface area contributed by atoms with Gasteiger partial charge < -0.3 is 10.1 Å². The standard InChI is InChI=1S/C16H16F3NO/c1-21-15-4-2-3-13(9-15)11-20-10-12-5-7-14(8-6-12)16(17,18)19/h2-9,20H,10-11H2,1H3. The van der Waals surface area contributed by atoms with Gasteiger partial charge >= 0.3 is 6.18 Å². The Labute approximate surface area is 121 Å². The quantitative estimate of drug-likeness (QED) is 0.900. The molecule has 112 valence electrons. The van der Waals surface area contributed by atoms with E-state index in [0.717, 1.165) is 29.0 Å². The largest absolute Gasteiger partial charge is 0.497 e. The molecule has 0 aliphatic rings. The van der Waals surface area contributed by atoms with Crippen LogP contribution < -0.4 is 10.1 Å². The van der Waals surface area contributed by atoms with Crippen LogP contribution in [0.5, 0.6) is 5.75 Å². The molecular weight excluding hydrogens is 279 g/mol. The van der Waals surface area contributed by atoms with E-state index in [1.165, 1.54) is 12.1 Å². The maximum Gasteiger partial charge on any atom is 0.416 e. The maximum absolute atomic E-state index is 12.4. The molecule has 0 heterocycles. The van der Waals surface area contributed by atoms with Gasteiger partial charge in [0.15, 0.2) is 0 Å². The second kappa shape index (κ2) is 6.63. The van der Waals surface area contributed by atoms with Crippen molar-refractivity contribution in [2.75, 3.05) is 7.11 Å². The summed E-state index contributed by atoms with van der Waals surface area (Å²) in [7, 11) is 1.61. The second-order valence-corrected chi connectivity index (χ2v) is 4.65. The molecule has 0 aliphatic heterocycles. The lowest BCUT2D eigenvalue weighted by molar-refractivity contribution is -0.137. The Bertz CT molecular complexity index is 579. The fraction of sp³-hybridized carbons (Fsp3) is 0.250. The van der Waals surface area contributed by atoms with Crippen molar-refractivity contribution in [3.63, 3.8) is 0 Å². The normalized spacial score (nSPS) is 11.4. The number of rotatable bonds is 5. The summed E-state index contributed by atoms with van der Waals surface area (Å²) in [5.41, 5.74) is 1.24. The number of halogens is 3. The number of methoxy groups -OCH3 is 1. The van der Waals surface area contributed by atoms with Gasteiger partial charge in [-0.2, -0.15) is 13.2 Å². The first kappa shape index (κ1) is 15.4. The van der Waals surface area contributed by atoms with E-state index in [0.29, 0.717) is 13.1 Å². The van der Waals surface area contributed by atoms with Crippen LogP contribution in [-0.2, 0) is 19.3 Å². The highest BCUT2D eigenvalue weighted by Gasteiger charge is 2.29. The molecule has 0 aliphatic carbocycles. The van der Waals surface area contributed by atoms with Gasteiger partial charge in [0.1, 0.15) is 5.75 Å². The van der Waals surface area contributed by atoms with Crippen LogP contribution >= 0.6 is 0 Å². The first-order chi connectivity index (χ1) is 9.99. The van der Waals surface area contributed by atoms with Crippen molar-refractivity contribution in [1.82, 2.24) is 5.32 Å². The first-order valence-corrected chi connectivity index (χ1v) is 6.49. The lowest BCUT2D eigenvalue weighted by Gasteiger charge is -2.09. The third-order valence-corrected chi connectivity index (χ3v) is 3.07. The molecule has 0 spiro atoms. The number of ether oxygens (including phenoxy) is 1. The zero-order valence-electron chi connectivity index (χ0n) is 11.6. The Morgan fingerprint density at radius 2 is 1.62 bits per heavy atom. The van der Waals surface area contributed by atoms with Crippen LogP contribution in [0.25, 0.3) is 0 Å². The Balaban J connectivity index is 1.88. The summed E-state index contributed by atoms with van der Waals surface area (Å²) in [5.74, 6) is 0.781. The molecule has 0 saturated heterocycles. The minimum atomic E-state index is -4.29. The van der Waals surface area contributed by atoms with Crippen molar-refractivity contribution < 1.29 is 17.9 Å². The second-order valence-electron chi connectivity index (χ2n) is 4.65. The smallest absolute Gasteiger partial charge is 0.416 e. The number of benzene rings is 2. The summed E-state index contributed by atoms with van der Waals surface area (Å²) in [6.07, 6.45) is -4.29. The highest BCUT2D eigenvalue weighted by Crippen LogP contribution is 2.29. The van der Waals surface area contributed by atoms with E-state index >= 15 is 0 Å². The molecule has 0 radical (unpaired) electrons.